The van der Waals surface area contributed by atoms with Crippen LogP contribution in [0.1, 0.15) is 11.1 Å². The molecule has 1 aromatic heterocycles. The highest BCUT2D eigenvalue weighted by molar-refractivity contribution is 6.30. The first-order chi connectivity index (χ1) is 6.70. The monoisotopic (exact) mass is 206 g/mol. The smallest absolute Gasteiger partial charge is 0.132 e. The average Bonchev–Trinajstić information content (AvgIpc) is 2.19. The molecule has 72 valence electrons. The topological polar surface area (TPSA) is 38.9 Å². The fourth-order valence-corrected chi connectivity index (χ4v) is 1.58. The summed E-state index contributed by atoms with van der Waals surface area (Å²) in [7, 11) is 0. The van der Waals surface area contributed by atoms with Crippen LogP contribution in [0.3, 0.4) is 0 Å². The number of pyridine rings is 1. The molecule has 2 rings (SSSR count). The van der Waals surface area contributed by atoms with E-state index in [1.807, 2.05) is 31.2 Å². The quantitative estimate of drug-likeness (QED) is 0.729. The fraction of sp³-hybridized carbons (Fsp3) is 0.182. The summed E-state index contributed by atoms with van der Waals surface area (Å²) in [6.45, 7) is 2.50. The minimum absolute atomic E-state index is 0.553. The second-order valence-corrected chi connectivity index (χ2v) is 3.69. The number of benzene rings is 1. The minimum Gasteiger partial charge on any atom is -0.326 e. The summed E-state index contributed by atoms with van der Waals surface area (Å²) >= 11 is 5.93. The lowest BCUT2D eigenvalue weighted by Crippen LogP contribution is -1.96. The number of hydrogen-bond donors (Lipinski definition) is 1. The van der Waals surface area contributed by atoms with Gasteiger partial charge in [-0.25, -0.2) is 4.98 Å². The second-order valence-electron chi connectivity index (χ2n) is 3.33. The van der Waals surface area contributed by atoms with Crippen molar-refractivity contribution in [3.05, 3.63) is 40.5 Å². The van der Waals surface area contributed by atoms with Crippen molar-refractivity contribution in [2.45, 2.75) is 13.5 Å². The van der Waals surface area contributed by atoms with E-state index in [9.17, 15) is 0 Å². The van der Waals surface area contributed by atoms with Gasteiger partial charge in [-0.15, -0.1) is 0 Å². The summed E-state index contributed by atoms with van der Waals surface area (Å²) in [5.41, 5.74) is 8.58. The number of nitrogens with two attached hydrogens (primary N) is 1. The number of rotatable bonds is 1. The van der Waals surface area contributed by atoms with E-state index in [2.05, 4.69) is 4.98 Å². The van der Waals surface area contributed by atoms with Crippen LogP contribution < -0.4 is 5.73 Å². The maximum atomic E-state index is 5.93. The molecule has 14 heavy (non-hydrogen) atoms. The zero-order chi connectivity index (χ0) is 10.1. The molecule has 0 aliphatic heterocycles. The van der Waals surface area contributed by atoms with Crippen LogP contribution in [-0.2, 0) is 6.54 Å². The highest BCUT2D eigenvalue weighted by Gasteiger charge is 2.01. The Kier molecular flexibility index (Phi) is 2.40. The van der Waals surface area contributed by atoms with Gasteiger partial charge >= 0.3 is 0 Å². The van der Waals surface area contributed by atoms with Crippen LogP contribution in [0.2, 0.25) is 5.15 Å². The van der Waals surface area contributed by atoms with E-state index >= 15 is 0 Å². The van der Waals surface area contributed by atoms with E-state index in [0.717, 1.165) is 22.0 Å². The number of aromatic nitrogens is 1. The van der Waals surface area contributed by atoms with E-state index in [-0.39, 0.29) is 0 Å². The lowest BCUT2D eigenvalue weighted by Gasteiger charge is -2.03. The Morgan fingerprint density at radius 2 is 2.14 bits per heavy atom. The summed E-state index contributed by atoms with van der Waals surface area (Å²) in [6, 6.07) is 8.00. The molecule has 1 heterocycles. The maximum Gasteiger partial charge on any atom is 0.132 e. The Hall–Kier alpha value is -1.12. The summed E-state index contributed by atoms with van der Waals surface area (Å²) in [4.78, 5) is 4.28. The number of halogens is 1. The summed E-state index contributed by atoms with van der Waals surface area (Å²) in [6.07, 6.45) is 0. The van der Waals surface area contributed by atoms with Crippen LogP contribution in [0.4, 0.5) is 0 Å². The Morgan fingerprint density at radius 3 is 2.86 bits per heavy atom. The van der Waals surface area contributed by atoms with Gasteiger partial charge in [0.15, 0.2) is 0 Å². The van der Waals surface area contributed by atoms with E-state index in [4.69, 9.17) is 17.3 Å². The van der Waals surface area contributed by atoms with Gasteiger partial charge in [0.2, 0.25) is 0 Å². The first-order valence-electron chi connectivity index (χ1n) is 4.46. The molecule has 0 saturated carbocycles. The molecular formula is C11H11ClN2. The molecule has 0 bridgehead atoms. The van der Waals surface area contributed by atoms with Crippen LogP contribution in [0.5, 0.6) is 0 Å². The van der Waals surface area contributed by atoms with Gasteiger partial charge in [0, 0.05) is 11.9 Å². The number of fused-ring (bicyclic) bond motifs is 1. The van der Waals surface area contributed by atoms with Gasteiger partial charge in [-0.05, 0) is 36.2 Å². The van der Waals surface area contributed by atoms with E-state index in [1.165, 1.54) is 0 Å². The Bertz CT molecular complexity index is 480. The number of nitrogens with zero attached hydrogens (tertiary/aromatic N) is 1. The highest BCUT2D eigenvalue weighted by atomic mass is 35.5. The zero-order valence-corrected chi connectivity index (χ0v) is 8.67. The zero-order valence-electron chi connectivity index (χ0n) is 7.92. The van der Waals surface area contributed by atoms with Gasteiger partial charge < -0.3 is 5.73 Å². The number of hydrogen-bond acceptors (Lipinski definition) is 2. The standard InChI is InChI=1S/C11H11ClN2/c1-7-4-9-5-8(6-13)2-3-10(9)14-11(7)12/h2-5H,6,13H2,1H3. The normalized spacial score (nSPS) is 10.8. The fourth-order valence-electron chi connectivity index (χ4n) is 1.44. The molecule has 0 aliphatic rings. The predicted molar refractivity (Wildman–Crippen MR) is 59.4 cm³/mol. The van der Waals surface area contributed by atoms with Crippen molar-refractivity contribution >= 4 is 22.5 Å². The van der Waals surface area contributed by atoms with Gasteiger partial charge in [0.05, 0.1) is 5.52 Å². The first kappa shape index (κ1) is 9.44. The molecule has 0 saturated heterocycles. The number of aryl methyl sites for hydroxylation is 1. The molecule has 2 nitrogen and oxygen atoms in total. The molecule has 0 amide bonds. The maximum absolute atomic E-state index is 5.93. The molecule has 2 aromatic rings. The largest absolute Gasteiger partial charge is 0.326 e. The molecule has 0 atom stereocenters. The van der Waals surface area contributed by atoms with Crippen molar-refractivity contribution in [3.63, 3.8) is 0 Å². The van der Waals surface area contributed by atoms with Crippen LogP contribution >= 0.6 is 11.6 Å². The van der Waals surface area contributed by atoms with Crippen molar-refractivity contribution in [3.8, 4) is 0 Å². The van der Waals surface area contributed by atoms with Crippen LogP contribution in [-0.4, -0.2) is 4.98 Å². The van der Waals surface area contributed by atoms with Crippen LogP contribution in [0.25, 0.3) is 10.9 Å². The Morgan fingerprint density at radius 1 is 1.36 bits per heavy atom. The molecule has 0 radical (unpaired) electrons. The van der Waals surface area contributed by atoms with Gasteiger partial charge in [0.25, 0.3) is 0 Å². The lowest BCUT2D eigenvalue weighted by atomic mass is 10.1. The molecule has 3 heteroatoms. The predicted octanol–water partition coefficient (Wildman–Crippen LogP) is 2.66. The summed E-state index contributed by atoms with van der Waals surface area (Å²) in [5.74, 6) is 0. The Labute approximate surface area is 87.7 Å². The second kappa shape index (κ2) is 3.56. The van der Waals surface area contributed by atoms with E-state index in [0.29, 0.717) is 11.7 Å². The minimum atomic E-state index is 0.553. The van der Waals surface area contributed by atoms with Crippen LogP contribution in [0, 0.1) is 6.92 Å². The van der Waals surface area contributed by atoms with Crippen molar-refractivity contribution < 1.29 is 0 Å². The third-order valence-corrected chi connectivity index (χ3v) is 2.63. The van der Waals surface area contributed by atoms with Crippen molar-refractivity contribution in [1.29, 1.82) is 0 Å². The molecule has 0 fully saturated rings. The van der Waals surface area contributed by atoms with Gasteiger partial charge in [-0.2, -0.15) is 0 Å². The molecule has 0 spiro atoms. The molecule has 0 aliphatic carbocycles. The van der Waals surface area contributed by atoms with Crippen LogP contribution in [0.15, 0.2) is 24.3 Å². The summed E-state index contributed by atoms with van der Waals surface area (Å²) in [5, 5.41) is 1.66. The van der Waals surface area contributed by atoms with Crippen molar-refractivity contribution in [2.24, 2.45) is 5.73 Å². The van der Waals surface area contributed by atoms with Crippen molar-refractivity contribution in [2.75, 3.05) is 0 Å². The molecule has 1 aromatic carbocycles. The molecule has 0 unspecified atom stereocenters. The lowest BCUT2D eigenvalue weighted by molar-refractivity contribution is 1.07. The molecule has 2 N–H and O–H groups in total. The summed E-state index contributed by atoms with van der Waals surface area (Å²) < 4.78 is 0. The van der Waals surface area contributed by atoms with Gasteiger partial charge in [0.1, 0.15) is 5.15 Å². The third kappa shape index (κ3) is 1.59. The van der Waals surface area contributed by atoms with Gasteiger partial charge in [-0.3, -0.25) is 0 Å². The van der Waals surface area contributed by atoms with Crippen molar-refractivity contribution in [1.82, 2.24) is 4.98 Å². The average molecular weight is 207 g/mol. The Balaban J connectivity index is 2.70. The SMILES string of the molecule is Cc1cc2cc(CN)ccc2nc1Cl. The van der Waals surface area contributed by atoms with E-state index in [1.54, 1.807) is 0 Å². The molecular weight excluding hydrogens is 196 g/mol. The third-order valence-electron chi connectivity index (χ3n) is 2.24. The van der Waals surface area contributed by atoms with Gasteiger partial charge in [-0.1, -0.05) is 17.7 Å². The first-order valence-corrected chi connectivity index (χ1v) is 4.84. The van der Waals surface area contributed by atoms with E-state index < -0.39 is 0 Å². The highest BCUT2D eigenvalue weighted by Crippen LogP contribution is 2.20.